The molecule has 1 heterocycles. The van der Waals surface area contributed by atoms with Gasteiger partial charge < -0.3 is 4.74 Å². The molecule has 0 spiro atoms. The molecule has 0 saturated heterocycles. The van der Waals surface area contributed by atoms with Crippen LogP contribution in [0.15, 0.2) is 58.9 Å². The Hall–Kier alpha value is -1.72. The fourth-order valence-corrected chi connectivity index (χ4v) is 3.59. The summed E-state index contributed by atoms with van der Waals surface area (Å²) < 4.78 is 5.43. The summed E-state index contributed by atoms with van der Waals surface area (Å²) in [5.41, 5.74) is 3.01. The molecule has 0 aromatic heterocycles. The third-order valence-electron chi connectivity index (χ3n) is 5.15. The first-order valence-electron chi connectivity index (χ1n) is 10.4. The summed E-state index contributed by atoms with van der Waals surface area (Å²) in [4.78, 5) is 12.0. The van der Waals surface area contributed by atoms with E-state index in [9.17, 15) is 4.79 Å². The number of nitrogens with zero attached hydrogens (tertiary/aromatic N) is 3. The van der Waals surface area contributed by atoms with Gasteiger partial charge in [-0.15, -0.1) is 23.3 Å². The van der Waals surface area contributed by atoms with Gasteiger partial charge in [0.1, 0.15) is 6.61 Å². The molecule has 3 rings (SSSR count). The van der Waals surface area contributed by atoms with E-state index in [1.807, 2.05) is 47.5 Å². The van der Waals surface area contributed by atoms with Crippen LogP contribution in [0.3, 0.4) is 0 Å². The van der Waals surface area contributed by atoms with Crippen molar-refractivity contribution >= 4 is 5.97 Å². The van der Waals surface area contributed by atoms with Crippen LogP contribution in [0.2, 0.25) is 0 Å². The van der Waals surface area contributed by atoms with Crippen molar-refractivity contribution in [1.29, 1.82) is 0 Å². The van der Waals surface area contributed by atoms with Gasteiger partial charge in [0.05, 0.1) is 18.6 Å². The van der Waals surface area contributed by atoms with Gasteiger partial charge in [-0.2, -0.15) is 54.0 Å². The maximum Gasteiger partial charge on any atom is 0.305 e. The molecule has 2 unspecified atom stereocenters. The van der Waals surface area contributed by atoms with Crippen molar-refractivity contribution in [2.24, 2.45) is 10.3 Å². The Morgan fingerprint density at radius 1 is 1.17 bits per heavy atom. The third-order valence-corrected chi connectivity index (χ3v) is 5.15. The van der Waals surface area contributed by atoms with Crippen LogP contribution in [0.5, 0.6) is 0 Å². The topological polar surface area (TPSA) is 54.3 Å². The summed E-state index contributed by atoms with van der Waals surface area (Å²) in [6, 6.07) is 18.9. The van der Waals surface area contributed by atoms with Crippen molar-refractivity contribution in [3.8, 4) is 0 Å². The molecule has 0 N–H and O–H groups in total. The number of unbranched alkanes of at least 4 members (excludes halogenated alkanes) is 3. The number of hydrogen-bond acceptors (Lipinski definition) is 5. The van der Waals surface area contributed by atoms with E-state index in [1.54, 1.807) is 0 Å². The van der Waals surface area contributed by atoms with Crippen molar-refractivity contribution in [3.63, 3.8) is 0 Å². The number of benzene rings is 2. The molecule has 1 aliphatic rings. The first kappa shape index (κ1) is 24.6. The van der Waals surface area contributed by atoms with Gasteiger partial charge >= 0.3 is 5.97 Å². The Bertz CT molecular complexity index is 813. The van der Waals surface area contributed by atoms with Crippen LogP contribution in [0.1, 0.15) is 67.8 Å². The van der Waals surface area contributed by atoms with Crippen LogP contribution >= 0.6 is 0 Å². The number of esters is 1. The Morgan fingerprint density at radius 2 is 1.97 bits per heavy atom. The molecular weight excluding hydrogens is 451 g/mol. The van der Waals surface area contributed by atoms with Gasteiger partial charge in [-0.25, -0.2) is 0 Å². The van der Waals surface area contributed by atoms with Crippen molar-refractivity contribution in [1.82, 2.24) is 5.01 Å². The Labute approximate surface area is 205 Å². The summed E-state index contributed by atoms with van der Waals surface area (Å²) in [6.45, 7) is 7.13. The maximum atomic E-state index is 12.0. The molecule has 0 aliphatic carbocycles. The second-order valence-electron chi connectivity index (χ2n) is 7.31. The van der Waals surface area contributed by atoms with Gasteiger partial charge in [-0.05, 0) is 6.42 Å². The fraction of sp³-hybridized carbons (Fsp3) is 0.417. The third kappa shape index (κ3) is 6.65. The minimum atomic E-state index is -0.163. The Balaban J connectivity index is 0.00000320. The first-order chi connectivity index (χ1) is 14.2. The minimum Gasteiger partial charge on any atom is -0.464 e. The molecule has 157 valence electrons. The number of carbonyl (C=O) groups excluding carboxylic acids is 1. The van der Waals surface area contributed by atoms with Crippen LogP contribution in [0.25, 0.3) is 0 Å². The second kappa shape index (κ2) is 12.9. The molecule has 0 fully saturated rings. The van der Waals surface area contributed by atoms with Crippen molar-refractivity contribution in [2.75, 3.05) is 13.2 Å². The summed E-state index contributed by atoms with van der Waals surface area (Å²) >= 11 is 0. The number of hydrogen-bond donors (Lipinski definition) is 0. The van der Waals surface area contributed by atoms with E-state index in [0.717, 1.165) is 42.4 Å². The SMILES string of the molecule is [CH2-]c1ccccc1C1C(c2[c-]cccc2)N=NN1CCOC(=O)CCCCCC.[Y]. The van der Waals surface area contributed by atoms with E-state index in [-0.39, 0.29) is 50.8 Å². The minimum absolute atomic E-state index is 0. The molecule has 1 aliphatic heterocycles. The zero-order chi connectivity index (χ0) is 20.5. The normalized spacial score (nSPS) is 17.6. The van der Waals surface area contributed by atoms with Crippen molar-refractivity contribution in [3.05, 3.63) is 78.2 Å². The van der Waals surface area contributed by atoms with Crippen LogP contribution in [-0.2, 0) is 42.2 Å². The van der Waals surface area contributed by atoms with Gasteiger partial charge in [0.15, 0.2) is 0 Å². The average molecular weight is 480 g/mol. The average Bonchev–Trinajstić information content (AvgIpc) is 3.16. The molecule has 1 radical (unpaired) electrons. The monoisotopic (exact) mass is 480 g/mol. The number of ether oxygens (including phenoxy) is 1. The summed E-state index contributed by atoms with van der Waals surface area (Å²) in [7, 11) is 0. The molecule has 2 atom stereocenters. The van der Waals surface area contributed by atoms with Crippen LogP contribution in [0.4, 0.5) is 0 Å². The Morgan fingerprint density at radius 3 is 2.70 bits per heavy atom. The van der Waals surface area contributed by atoms with E-state index >= 15 is 0 Å². The molecule has 6 heteroatoms. The van der Waals surface area contributed by atoms with Gasteiger partial charge in [0, 0.05) is 39.1 Å². The number of carbonyl (C=O) groups is 1. The van der Waals surface area contributed by atoms with Crippen molar-refractivity contribution in [2.45, 2.75) is 51.1 Å². The molecule has 0 amide bonds. The quantitative estimate of drug-likeness (QED) is 0.251. The van der Waals surface area contributed by atoms with E-state index in [4.69, 9.17) is 4.74 Å². The molecule has 0 saturated carbocycles. The molecule has 5 nitrogen and oxygen atoms in total. The summed E-state index contributed by atoms with van der Waals surface area (Å²) in [6.07, 6.45) is 4.76. The zero-order valence-corrected chi connectivity index (χ0v) is 20.5. The number of rotatable bonds is 10. The van der Waals surface area contributed by atoms with E-state index in [0.29, 0.717) is 19.6 Å². The molecular formula is C24H29N3O2Y-2. The van der Waals surface area contributed by atoms with E-state index in [2.05, 4.69) is 36.3 Å². The largest absolute Gasteiger partial charge is 0.464 e. The van der Waals surface area contributed by atoms with Crippen molar-refractivity contribution < 1.29 is 42.2 Å². The predicted octanol–water partition coefficient (Wildman–Crippen LogP) is 5.65. The predicted molar refractivity (Wildman–Crippen MR) is 113 cm³/mol. The zero-order valence-electron chi connectivity index (χ0n) is 17.7. The standard InChI is InChI=1S/C24H29N3O2.Y/c1-3-4-5-9-16-22(28)29-18-17-27-24(21-15-11-10-12-19(21)2)23(25-26-27)20-13-7-6-8-14-20;/h6-8,10-13,15,23-24H,2-5,9,16-18H2,1H3;/q-2;. The second-order valence-corrected chi connectivity index (χ2v) is 7.31. The van der Waals surface area contributed by atoms with E-state index < -0.39 is 0 Å². The van der Waals surface area contributed by atoms with Gasteiger partial charge in [0.2, 0.25) is 0 Å². The summed E-state index contributed by atoms with van der Waals surface area (Å²) in [5.74, 6) is -0.140. The smallest absolute Gasteiger partial charge is 0.305 e. The van der Waals surface area contributed by atoms with Crippen LogP contribution in [0, 0.1) is 13.0 Å². The maximum absolute atomic E-state index is 12.0. The van der Waals surface area contributed by atoms with Crippen LogP contribution < -0.4 is 0 Å². The molecule has 2 aromatic rings. The summed E-state index contributed by atoms with van der Waals surface area (Å²) in [5, 5.41) is 10.8. The molecule has 2 aromatic carbocycles. The molecule has 30 heavy (non-hydrogen) atoms. The van der Waals surface area contributed by atoms with Gasteiger partial charge in [-0.3, -0.25) is 9.80 Å². The van der Waals surface area contributed by atoms with Gasteiger partial charge in [-0.1, -0.05) is 37.5 Å². The Kier molecular flexibility index (Phi) is 10.5. The molecule has 0 bridgehead atoms. The van der Waals surface area contributed by atoms with Crippen LogP contribution in [-0.4, -0.2) is 24.1 Å². The first-order valence-corrected chi connectivity index (χ1v) is 10.4. The van der Waals surface area contributed by atoms with E-state index in [1.165, 1.54) is 0 Å². The fourth-order valence-electron chi connectivity index (χ4n) is 3.59. The van der Waals surface area contributed by atoms with Gasteiger partial charge in [0.25, 0.3) is 0 Å².